The zero-order chi connectivity index (χ0) is 16.5. The normalized spacial score (nSPS) is 15.9. The smallest absolute Gasteiger partial charge is 0.253 e. The molecule has 4 nitrogen and oxygen atoms in total. The minimum atomic E-state index is 0.153. The number of nitrogens with zero attached hydrogens (tertiary/aromatic N) is 3. The van der Waals surface area contributed by atoms with Gasteiger partial charge in [-0.25, -0.2) is 0 Å². The minimum Gasteiger partial charge on any atom is -0.337 e. The maximum Gasteiger partial charge on any atom is 0.253 e. The summed E-state index contributed by atoms with van der Waals surface area (Å²) >= 11 is 1.70. The Bertz CT molecular complexity index is 555. The van der Waals surface area contributed by atoms with Gasteiger partial charge in [0.05, 0.1) is 11.8 Å². The fourth-order valence-corrected chi connectivity index (χ4v) is 3.44. The van der Waals surface area contributed by atoms with Gasteiger partial charge >= 0.3 is 0 Å². The fourth-order valence-electron chi connectivity index (χ4n) is 2.87. The highest BCUT2D eigenvalue weighted by molar-refractivity contribution is 7.99. The van der Waals surface area contributed by atoms with Gasteiger partial charge in [-0.3, -0.25) is 4.79 Å². The molecule has 0 aliphatic carbocycles. The number of rotatable bonds is 6. The zero-order valence-corrected chi connectivity index (χ0v) is 14.6. The first-order chi connectivity index (χ1) is 11.2. The van der Waals surface area contributed by atoms with E-state index in [0.717, 1.165) is 62.4 Å². The maximum absolute atomic E-state index is 12.6. The predicted octanol–water partition coefficient (Wildman–Crippen LogP) is 2.79. The van der Waals surface area contributed by atoms with Gasteiger partial charge in [0.15, 0.2) is 0 Å². The SMILES string of the molecule is Cc1cccc(C(=O)N2CCCN(CCCSCC#N)CC2)c1. The van der Waals surface area contributed by atoms with Crippen LogP contribution in [-0.4, -0.2) is 59.9 Å². The molecule has 0 atom stereocenters. The molecular formula is C18H25N3OS. The fraction of sp³-hybridized carbons (Fsp3) is 0.556. The van der Waals surface area contributed by atoms with Gasteiger partial charge in [-0.1, -0.05) is 17.7 Å². The van der Waals surface area contributed by atoms with E-state index in [1.807, 2.05) is 36.1 Å². The number of hydrogen-bond acceptors (Lipinski definition) is 4. The van der Waals surface area contributed by atoms with Crippen LogP contribution >= 0.6 is 11.8 Å². The van der Waals surface area contributed by atoms with Crippen LogP contribution in [0.4, 0.5) is 0 Å². The number of hydrogen-bond donors (Lipinski definition) is 0. The highest BCUT2D eigenvalue weighted by Crippen LogP contribution is 2.12. The molecule has 23 heavy (non-hydrogen) atoms. The third-order valence-corrected chi connectivity index (χ3v) is 4.98. The van der Waals surface area contributed by atoms with Gasteiger partial charge in [0.1, 0.15) is 0 Å². The van der Waals surface area contributed by atoms with Crippen LogP contribution in [0, 0.1) is 18.3 Å². The molecule has 0 bridgehead atoms. The average Bonchev–Trinajstić information content (AvgIpc) is 2.80. The van der Waals surface area contributed by atoms with Crippen molar-refractivity contribution in [3.05, 3.63) is 35.4 Å². The van der Waals surface area contributed by atoms with Crippen LogP contribution in [0.15, 0.2) is 24.3 Å². The minimum absolute atomic E-state index is 0.153. The van der Waals surface area contributed by atoms with Crippen molar-refractivity contribution in [2.75, 3.05) is 44.2 Å². The lowest BCUT2D eigenvalue weighted by molar-refractivity contribution is 0.0761. The lowest BCUT2D eigenvalue weighted by Gasteiger charge is -2.22. The molecule has 1 aliphatic heterocycles. The van der Waals surface area contributed by atoms with Gasteiger partial charge in [0.2, 0.25) is 0 Å². The lowest BCUT2D eigenvalue weighted by atomic mass is 10.1. The summed E-state index contributed by atoms with van der Waals surface area (Å²) in [5, 5.41) is 8.53. The molecule has 0 spiro atoms. The van der Waals surface area contributed by atoms with Crippen molar-refractivity contribution in [3.63, 3.8) is 0 Å². The van der Waals surface area contributed by atoms with E-state index in [-0.39, 0.29) is 5.91 Å². The molecule has 1 fully saturated rings. The van der Waals surface area contributed by atoms with Crippen molar-refractivity contribution in [3.8, 4) is 6.07 Å². The van der Waals surface area contributed by atoms with E-state index in [0.29, 0.717) is 5.75 Å². The second-order valence-electron chi connectivity index (χ2n) is 5.92. The topological polar surface area (TPSA) is 47.3 Å². The lowest BCUT2D eigenvalue weighted by Crippen LogP contribution is -2.35. The molecule has 0 N–H and O–H groups in total. The largest absolute Gasteiger partial charge is 0.337 e. The molecule has 1 aliphatic rings. The van der Waals surface area contributed by atoms with Crippen LogP contribution in [0.2, 0.25) is 0 Å². The molecule has 1 heterocycles. The molecule has 0 radical (unpaired) electrons. The van der Waals surface area contributed by atoms with Crippen LogP contribution in [0.25, 0.3) is 0 Å². The molecule has 5 heteroatoms. The average molecular weight is 331 g/mol. The van der Waals surface area contributed by atoms with Crippen molar-refractivity contribution in [1.29, 1.82) is 5.26 Å². The number of carbonyl (C=O) groups excluding carboxylic acids is 1. The van der Waals surface area contributed by atoms with E-state index < -0.39 is 0 Å². The molecule has 1 aromatic rings. The quantitative estimate of drug-likeness (QED) is 0.752. The first-order valence-electron chi connectivity index (χ1n) is 8.23. The second-order valence-corrected chi connectivity index (χ2v) is 7.03. The molecule has 0 unspecified atom stereocenters. The number of thioether (sulfide) groups is 1. The number of carbonyl (C=O) groups is 1. The molecule has 0 aromatic heterocycles. The van der Waals surface area contributed by atoms with Crippen LogP contribution < -0.4 is 0 Å². The summed E-state index contributed by atoms with van der Waals surface area (Å²) in [6, 6.07) is 10.0. The van der Waals surface area contributed by atoms with Crippen LogP contribution in [0.1, 0.15) is 28.8 Å². The van der Waals surface area contributed by atoms with Gasteiger partial charge < -0.3 is 9.80 Å². The molecule has 2 rings (SSSR count). The van der Waals surface area contributed by atoms with Gasteiger partial charge in [0.25, 0.3) is 5.91 Å². The van der Waals surface area contributed by atoms with Gasteiger partial charge in [-0.15, -0.1) is 11.8 Å². The Labute approximate surface area is 143 Å². The Kier molecular flexibility index (Phi) is 7.44. The molecule has 1 aromatic carbocycles. The number of nitriles is 1. The molecular weight excluding hydrogens is 306 g/mol. The Morgan fingerprint density at radius 1 is 1.30 bits per heavy atom. The summed E-state index contributed by atoms with van der Waals surface area (Å²) in [7, 11) is 0. The predicted molar refractivity (Wildman–Crippen MR) is 95.7 cm³/mol. The summed E-state index contributed by atoms with van der Waals surface area (Å²) in [6.07, 6.45) is 2.14. The highest BCUT2D eigenvalue weighted by atomic mass is 32.2. The van der Waals surface area contributed by atoms with E-state index in [9.17, 15) is 4.79 Å². The Morgan fingerprint density at radius 3 is 2.96 bits per heavy atom. The summed E-state index contributed by atoms with van der Waals surface area (Å²) in [5.41, 5.74) is 1.92. The number of aryl methyl sites for hydroxylation is 1. The van der Waals surface area contributed by atoms with Gasteiger partial charge in [0, 0.05) is 25.2 Å². The van der Waals surface area contributed by atoms with Crippen molar-refractivity contribution in [2.24, 2.45) is 0 Å². The molecule has 1 amide bonds. The van der Waals surface area contributed by atoms with Crippen molar-refractivity contribution in [1.82, 2.24) is 9.80 Å². The van der Waals surface area contributed by atoms with E-state index in [1.54, 1.807) is 11.8 Å². The first kappa shape index (κ1) is 17.8. The highest BCUT2D eigenvalue weighted by Gasteiger charge is 2.20. The summed E-state index contributed by atoms with van der Waals surface area (Å²) < 4.78 is 0. The second kappa shape index (κ2) is 9.59. The van der Waals surface area contributed by atoms with Crippen LogP contribution in [-0.2, 0) is 0 Å². The van der Waals surface area contributed by atoms with E-state index in [1.165, 1.54) is 0 Å². The third-order valence-electron chi connectivity index (χ3n) is 4.07. The van der Waals surface area contributed by atoms with E-state index >= 15 is 0 Å². The number of benzene rings is 1. The Hall–Kier alpha value is -1.51. The first-order valence-corrected chi connectivity index (χ1v) is 9.39. The molecule has 1 saturated heterocycles. The summed E-state index contributed by atoms with van der Waals surface area (Å²) in [4.78, 5) is 17.0. The summed E-state index contributed by atoms with van der Waals surface area (Å²) in [6.45, 7) is 6.72. The Morgan fingerprint density at radius 2 is 2.17 bits per heavy atom. The van der Waals surface area contributed by atoms with Crippen molar-refractivity contribution in [2.45, 2.75) is 19.8 Å². The monoisotopic (exact) mass is 331 g/mol. The van der Waals surface area contributed by atoms with Crippen LogP contribution in [0.3, 0.4) is 0 Å². The standard InChI is InChI=1S/C18H25N3OS/c1-16-5-2-6-17(15-16)18(22)21-10-3-8-20(11-12-21)9-4-13-23-14-7-19/h2,5-6,15H,3-4,8-14H2,1H3. The van der Waals surface area contributed by atoms with Gasteiger partial charge in [-0.05, 0) is 50.7 Å². The van der Waals surface area contributed by atoms with Crippen molar-refractivity contribution < 1.29 is 4.79 Å². The van der Waals surface area contributed by atoms with Gasteiger partial charge in [-0.2, -0.15) is 5.26 Å². The molecule has 0 saturated carbocycles. The van der Waals surface area contributed by atoms with Crippen molar-refractivity contribution >= 4 is 17.7 Å². The third kappa shape index (κ3) is 5.89. The number of amides is 1. The van der Waals surface area contributed by atoms with Crippen LogP contribution in [0.5, 0.6) is 0 Å². The van der Waals surface area contributed by atoms with E-state index in [2.05, 4.69) is 11.0 Å². The zero-order valence-electron chi connectivity index (χ0n) is 13.8. The Balaban J connectivity index is 1.79. The maximum atomic E-state index is 12.6. The summed E-state index contributed by atoms with van der Waals surface area (Å²) in [5.74, 6) is 1.77. The van der Waals surface area contributed by atoms with E-state index in [4.69, 9.17) is 5.26 Å². The molecule has 124 valence electrons.